The molecule has 2 atom stereocenters. The number of oxime groups is 1. The molecule has 0 unspecified atom stereocenters. The number of nitrogens with one attached hydrogen (secondary N) is 1. The van der Waals surface area contributed by atoms with Crippen LogP contribution in [0.1, 0.15) is 12.5 Å². The van der Waals surface area contributed by atoms with E-state index in [4.69, 9.17) is 21.5 Å². The third-order valence-electron chi connectivity index (χ3n) is 2.82. The van der Waals surface area contributed by atoms with Crippen LogP contribution in [0.3, 0.4) is 0 Å². The second kappa shape index (κ2) is 5.40. The molecule has 1 aliphatic heterocycles. The summed E-state index contributed by atoms with van der Waals surface area (Å²) in [4.78, 5) is 19.3. The number of hydrogen-bond acceptors (Lipinski definition) is 5. The third kappa shape index (κ3) is 3.18. The molecule has 2 heterocycles. The Balaban J connectivity index is 2.14. The maximum atomic E-state index is 12.5. The van der Waals surface area contributed by atoms with Crippen LogP contribution in [0.25, 0.3) is 0 Å². The molecule has 0 aliphatic carbocycles. The summed E-state index contributed by atoms with van der Waals surface area (Å²) in [5.41, 5.74) is -1.18. The molecule has 1 aromatic rings. The van der Waals surface area contributed by atoms with Crippen LogP contribution in [0.2, 0.25) is 5.02 Å². The average Bonchev–Trinajstić information content (AvgIpc) is 2.72. The van der Waals surface area contributed by atoms with E-state index in [-0.39, 0.29) is 16.6 Å². The van der Waals surface area contributed by atoms with Gasteiger partial charge in [-0.05, 0) is 6.07 Å². The number of rotatable bonds is 3. The second-order valence-corrected chi connectivity index (χ2v) is 4.70. The quantitative estimate of drug-likeness (QED) is 0.893. The minimum Gasteiger partial charge on any atom is -0.477 e. The van der Waals surface area contributed by atoms with Crippen molar-refractivity contribution in [3.05, 3.63) is 22.8 Å². The molecule has 0 saturated heterocycles. The number of aromatic nitrogens is 1. The van der Waals surface area contributed by atoms with Gasteiger partial charge in [-0.2, -0.15) is 13.2 Å². The number of carbonyl (C=O) groups is 1. The minimum absolute atomic E-state index is 0.0524. The van der Waals surface area contributed by atoms with Crippen LogP contribution in [-0.2, 0) is 15.8 Å². The predicted octanol–water partition coefficient (Wildman–Crippen LogP) is 2.60. The molecule has 1 aromatic heterocycles. The van der Waals surface area contributed by atoms with Gasteiger partial charge in [0.15, 0.2) is 5.71 Å². The molecule has 0 fully saturated rings. The van der Waals surface area contributed by atoms with Gasteiger partial charge in [-0.1, -0.05) is 23.7 Å². The van der Waals surface area contributed by atoms with Crippen LogP contribution in [0.15, 0.2) is 17.4 Å². The Morgan fingerprint density at radius 1 is 1.52 bits per heavy atom. The number of nitrogens with zero attached hydrogens (tertiary/aromatic N) is 2. The van der Waals surface area contributed by atoms with Crippen molar-refractivity contribution in [1.82, 2.24) is 4.98 Å². The Bertz CT molecular complexity index is 606. The van der Waals surface area contributed by atoms with Crippen molar-refractivity contribution >= 4 is 29.1 Å². The highest BCUT2D eigenvalue weighted by molar-refractivity contribution is 6.36. The fourth-order valence-corrected chi connectivity index (χ4v) is 1.87. The van der Waals surface area contributed by atoms with Gasteiger partial charge in [-0.3, -0.25) is 0 Å². The van der Waals surface area contributed by atoms with Crippen molar-refractivity contribution in [3.63, 3.8) is 0 Å². The number of alkyl halides is 3. The summed E-state index contributed by atoms with van der Waals surface area (Å²) in [6.45, 7) is 1.54. The number of anilines is 1. The first-order valence-electron chi connectivity index (χ1n) is 5.66. The molecular weight excluding hydrogens is 315 g/mol. The topological polar surface area (TPSA) is 83.8 Å². The van der Waals surface area contributed by atoms with E-state index in [0.29, 0.717) is 6.20 Å². The smallest absolute Gasteiger partial charge is 0.417 e. The molecule has 0 aromatic carbocycles. The molecule has 0 bridgehead atoms. The SMILES string of the molecule is C[C@@H]1C(C(=O)O)=NO[C@H]1Nc1ncc(C(F)(F)F)cc1Cl. The molecule has 0 saturated carbocycles. The summed E-state index contributed by atoms with van der Waals surface area (Å²) in [6.07, 6.45) is -4.81. The maximum absolute atomic E-state index is 12.5. The summed E-state index contributed by atoms with van der Waals surface area (Å²) in [5.74, 6) is -1.91. The zero-order valence-electron chi connectivity index (χ0n) is 10.5. The molecule has 114 valence electrons. The molecule has 0 amide bonds. The first-order valence-corrected chi connectivity index (χ1v) is 6.04. The number of carboxylic acid groups (broad SMARTS) is 1. The summed E-state index contributed by atoms with van der Waals surface area (Å²) >= 11 is 5.73. The molecule has 6 nitrogen and oxygen atoms in total. The Labute approximate surface area is 121 Å². The van der Waals surface area contributed by atoms with Gasteiger partial charge in [0.1, 0.15) is 5.82 Å². The van der Waals surface area contributed by atoms with Crippen molar-refractivity contribution in [1.29, 1.82) is 0 Å². The molecule has 0 spiro atoms. The molecule has 0 radical (unpaired) electrons. The summed E-state index contributed by atoms with van der Waals surface area (Å²) < 4.78 is 37.4. The molecule has 1 aliphatic rings. The first kappa shape index (κ1) is 15.4. The van der Waals surface area contributed by atoms with E-state index in [1.54, 1.807) is 0 Å². The number of hydrogen-bond donors (Lipinski definition) is 2. The molecule has 21 heavy (non-hydrogen) atoms. The van der Waals surface area contributed by atoms with E-state index in [9.17, 15) is 18.0 Å². The largest absolute Gasteiger partial charge is 0.477 e. The number of aliphatic carboxylic acids is 1. The summed E-state index contributed by atoms with van der Waals surface area (Å²) in [5, 5.41) is 14.6. The Morgan fingerprint density at radius 3 is 2.67 bits per heavy atom. The van der Waals surface area contributed by atoms with E-state index < -0.39 is 29.9 Å². The normalized spacial score (nSPS) is 21.7. The molecular formula is C11H9ClF3N3O3. The van der Waals surface area contributed by atoms with E-state index in [0.717, 1.165) is 6.07 Å². The van der Waals surface area contributed by atoms with Gasteiger partial charge in [0, 0.05) is 6.20 Å². The van der Waals surface area contributed by atoms with E-state index in [1.807, 2.05) is 0 Å². The molecule has 2 N–H and O–H groups in total. The highest BCUT2D eigenvalue weighted by atomic mass is 35.5. The van der Waals surface area contributed by atoms with Crippen LogP contribution in [0.4, 0.5) is 19.0 Å². The van der Waals surface area contributed by atoms with Gasteiger partial charge in [0.25, 0.3) is 0 Å². The molecule has 2 rings (SSSR count). The van der Waals surface area contributed by atoms with Crippen LogP contribution in [0, 0.1) is 5.92 Å². The van der Waals surface area contributed by atoms with Crippen molar-refractivity contribution in [2.75, 3.05) is 5.32 Å². The lowest BCUT2D eigenvalue weighted by atomic mass is 10.1. The highest BCUT2D eigenvalue weighted by Crippen LogP contribution is 2.33. The molecule has 10 heteroatoms. The second-order valence-electron chi connectivity index (χ2n) is 4.29. The zero-order valence-corrected chi connectivity index (χ0v) is 11.2. The van der Waals surface area contributed by atoms with Gasteiger partial charge in [0.2, 0.25) is 6.23 Å². The van der Waals surface area contributed by atoms with Crippen molar-refractivity contribution < 1.29 is 27.9 Å². The fraction of sp³-hybridized carbons (Fsp3) is 0.364. The lowest BCUT2D eigenvalue weighted by molar-refractivity contribution is -0.137. The first-order chi connectivity index (χ1) is 9.70. The van der Waals surface area contributed by atoms with Gasteiger partial charge in [0.05, 0.1) is 16.5 Å². The average molecular weight is 324 g/mol. The van der Waals surface area contributed by atoms with Gasteiger partial charge in [-0.25, -0.2) is 9.78 Å². The van der Waals surface area contributed by atoms with Crippen LogP contribution in [0.5, 0.6) is 0 Å². The van der Waals surface area contributed by atoms with Crippen molar-refractivity contribution in [2.24, 2.45) is 11.1 Å². The van der Waals surface area contributed by atoms with Gasteiger partial charge >= 0.3 is 12.1 Å². The summed E-state index contributed by atoms with van der Waals surface area (Å²) in [7, 11) is 0. The Morgan fingerprint density at radius 2 is 2.19 bits per heavy atom. The predicted molar refractivity (Wildman–Crippen MR) is 67.0 cm³/mol. The van der Waals surface area contributed by atoms with Gasteiger partial charge in [-0.15, -0.1) is 0 Å². The number of carboxylic acids is 1. The van der Waals surface area contributed by atoms with Gasteiger partial charge < -0.3 is 15.3 Å². The van der Waals surface area contributed by atoms with E-state index in [2.05, 4.69) is 15.5 Å². The summed E-state index contributed by atoms with van der Waals surface area (Å²) in [6, 6.07) is 0.718. The minimum atomic E-state index is -4.55. The van der Waals surface area contributed by atoms with E-state index >= 15 is 0 Å². The van der Waals surface area contributed by atoms with Crippen LogP contribution >= 0.6 is 11.6 Å². The van der Waals surface area contributed by atoms with Crippen molar-refractivity contribution in [3.8, 4) is 0 Å². The maximum Gasteiger partial charge on any atom is 0.417 e. The monoisotopic (exact) mass is 323 g/mol. The zero-order chi connectivity index (χ0) is 15.8. The number of halogens is 4. The standard InChI is InChI=1S/C11H9ClF3N3O3/c1-4-7(10(19)20)18-21-9(4)17-8-6(12)2-5(3-16-8)11(13,14)15/h2-4,9H,1H3,(H,16,17)(H,19,20)/t4-,9-/m1/s1. The van der Waals surface area contributed by atoms with E-state index in [1.165, 1.54) is 6.92 Å². The fourth-order valence-electron chi connectivity index (χ4n) is 1.65. The number of pyridine rings is 1. The lowest BCUT2D eigenvalue weighted by Crippen LogP contribution is -2.31. The lowest BCUT2D eigenvalue weighted by Gasteiger charge is -2.17. The van der Waals surface area contributed by atoms with Crippen LogP contribution < -0.4 is 5.32 Å². The third-order valence-corrected chi connectivity index (χ3v) is 3.10. The van der Waals surface area contributed by atoms with Crippen molar-refractivity contribution in [2.45, 2.75) is 19.3 Å². The van der Waals surface area contributed by atoms with Crippen LogP contribution in [-0.4, -0.2) is 28.0 Å². The Hall–Kier alpha value is -2.03. The highest BCUT2D eigenvalue weighted by Gasteiger charge is 2.36. The Kier molecular flexibility index (Phi) is 3.95.